The Hall–Kier alpha value is -3.38. The molecule has 4 aromatic rings. The second kappa shape index (κ2) is 10.7. The first kappa shape index (κ1) is 23.8. The van der Waals surface area contributed by atoms with E-state index in [1.54, 1.807) is 0 Å². The number of aryl methyl sites for hydroxylation is 4. The summed E-state index contributed by atoms with van der Waals surface area (Å²) < 4.78 is 2.07. The fraction of sp³-hybridized carbons (Fsp3) is 0.250. The van der Waals surface area contributed by atoms with Crippen molar-refractivity contribution >= 4 is 23.4 Å². The van der Waals surface area contributed by atoms with Crippen molar-refractivity contribution in [3.63, 3.8) is 0 Å². The zero-order chi connectivity index (χ0) is 24.1. The third-order valence-corrected chi connectivity index (χ3v) is 6.92. The molecule has 4 rings (SSSR count). The lowest BCUT2D eigenvalue weighted by Crippen LogP contribution is -2.16. The maximum atomic E-state index is 12.9. The van der Waals surface area contributed by atoms with E-state index >= 15 is 0 Å². The van der Waals surface area contributed by atoms with Gasteiger partial charge in [-0.15, -0.1) is 10.2 Å². The molecule has 0 saturated heterocycles. The SMILES string of the molecule is CCc1cccc(C)c1NC(=O)CSc1nnc(Cc2ccccc2)n1-c1ccc(C)c(C)c1. The molecule has 1 heterocycles. The Morgan fingerprint density at radius 1 is 0.912 bits per heavy atom. The third-order valence-electron chi connectivity index (χ3n) is 5.99. The van der Waals surface area contributed by atoms with Gasteiger partial charge in [-0.25, -0.2) is 0 Å². The standard InChI is InChI=1S/C28H30N4OS/c1-5-23-13-9-10-20(3)27(23)29-26(33)18-34-28-31-30-25(17-22-11-7-6-8-12-22)32(28)24-15-14-19(2)21(4)16-24/h6-16H,5,17-18H2,1-4H3,(H,29,33). The highest BCUT2D eigenvalue weighted by Crippen LogP contribution is 2.26. The summed E-state index contributed by atoms with van der Waals surface area (Å²) in [6.45, 7) is 8.33. The summed E-state index contributed by atoms with van der Waals surface area (Å²) in [4.78, 5) is 12.9. The number of thioether (sulfide) groups is 1. The number of hydrogen-bond acceptors (Lipinski definition) is 4. The van der Waals surface area contributed by atoms with E-state index in [1.165, 1.54) is 28.5 Å². The molecular weight excluding hydrogens is 440 g/mol. The normalized spacial score (nSPS) is 10.9. The van der Waals surface area contributed by atoms with Gasteiger partial charge in [0.15, 0.2) is 5.16 Å². The molecule has 0 radical (unpaired) electrons. The second-order valence-electron chi connectivity index (χ2n) is 8.46. The predicted octanol–water partition coefficient (Wildman–Crippen LogP) is 6.08. The van der Waals surface area contributed by atoms with Crippen LogP contribution in [0.25, 0.3) is 5.69 Å². The first-order valence-electron chi connectivity index (χ1n) is 11.5. The van der Waals surface area contributed by atoms with Crippen molar-refractivity contribution in [2.75, 3.05) is 11.1 Å². The molecule has 0 aliphatic carbocycles. The van der Waals surface area contributed by atoms with Crippen molar-refractivity contribution in [2.45, 2.75) is 45.7 Å². The van der Waals surface area contributed by atoms with Crippen LogP contribution in [0, 0.1) is 20.8 Å². The minimum absolute atomic E-state index is 0.0479. The Bertz CT molecular complexity index is 1300. The number of benzene rings is 3. The molecule has 0 aliphatic heterocycles. The van der Waals surface area contributed by atoms with Gasteiger partial charge in [0.05, 0.1) is 5.75 Å². The van der Waals surface area contributed by atoms with Crippen LogP contribution in [0.15, 0.2) is 71.9 Å². The van der Waals surface area contributed by atoms with Crippen molar-refractivity contribution in [1.29, 1.82) is 0 Å². The van der Waals surface area contributed by atoms with Gasteiger partial charge in [0, 0.05) is 17.8 Å². The minimum atomic E-state index is -0.0479. The minimum Gasteiger partial charge on any atom is -0.325 e. The average Bonchev–Trinajstić information content (AvgIpc) is 3.23. The maximum Gasteiger partial charge on any atom is 0.234 e. The number of hydrogen-bond donors (Lipinski definition) is 1. The summed E-state index contributed by atoms with van der Waals surface area (Å²) in [5.74, 6) is 1.06. The Morgan fingerprint density at radius 3 is 2.44 bits per heavy atom. The third kappa shape index (κ3) is 5.39. The number of nitrogens with one attached hydrogen (secondary N) is 1. The van der Waals surface area contributed by atoms with E-state index in [1.807, 2.05) is 37.3 Å². The Balaban J connectivity index is 1.59. The number of carbonyl (C=O) groups is 1. The number of carbonyl (C=O) groups excluding carboxylic acids is 1. The number of nitrogens with zero attached hydrogens (tertiary/aromatic N) is 3. The van der Waals surface area contributed by atoms with Crippen molar-refractivity contribution in [3.8, 4) is 5.69 Å². The molecule has 174 valence electrons. The van der Waals surface area contributed by atoms with Gasteiger partial charge in [-0.1, -0.05) is 73.3 Å². The topological polar surface area (TPSA) is 59.8 Å². The molecule has 0 fully saturated rings. The van der Waals surface area contributed by atoms with Crippen LogP contribution in [0.1, 0.15) is 40.6 Å². The van der Waals surface area contributed by atoms with Crippen molar-refractivity contribution in [1.82, 2.24) is 14.8 Å². The van der Waals surface area contributed by atoms with Gasteiger partial charge in [-0.3, -0.25) is 9.36 Å². The molecule has 0 unspecified atom stereocenters. The van der Waals surface area contributed by atoms with Crippen molar-refractivity contribution in [2.24, 2.45) is 0 Å². The molecule has 1 amide bonds. The second-order valence-corrected chi connectivity index (χ2v) is 9.41. The summed E-state index contributed by atoms with van der Waals surface area (Å²) in [6.07, 6.45) is 1.53. The lowest BCUT2D eigenvalue weighted by molar-refractivity contribution is -0.113. The van der Waals surface area contributed by atoms with Gasteiger partial charge in [0.1, 0.15) is 5.82 Å². The van der Waals surface area contributed by atoms with Crippen molar-refractivity contribution in [3.05, 3.63) is 100 Å². The van der Waals surface area contributed by atoms with Gasteiger partial charge in [-0.2, -0.15) is 0 Å². The summed E-state index contributed by atoms with van der Waals surface area (Å²) in [5, 5.41) is 12.8. The quantitative estimate of drug-likeness (QED) is 0.317. The van der Waals surface area contributed by atoms with Gasteiger partial charge in [0.25, 0.3) is 0 Å². The van der Waals surface area contributed by atoms with Crippen LogP contribution in [0.2, 0.25) is 0 Å². The number of rotatable bonds is 8. The summed E-state index contributed by atoms with van der Waals surface area (Å²) in [7, 11) is 0. The van der Waals surface area contributed by atoms with Gasteiger partial charge in [0.2, 0.25) is 5.91 Å². The van der Waals surface area contributed by atoms with E-state index in [0.29, 0.717) is 11.6 Å². The zero-order valence-corrected chi connectivity index (χ0v) is 20.9. The van der Waals surface area contributed by atoms with Gasteiger partial charge in [-0.05, 0) is 67.1 Å². The molecule has 0 bridgehead atoms. The van der Waals surface area contributed by atoms with E-state index in [4.69, 9.17) is 0 Å². The molecule has 3 aromatic carbocycles. The highest BCUT2D eigenvalue weighted by atomic mass is 32.2. The summed E-state index contributed by atoms with van der Waals surface area (Å²) in [5.41, 5.74) is 7.74. The smallest absolute Gasteiger partial charge is 0.234 e. The lowest BCUT2D eigenvalue weighted by Gasteiger charge is -2.14. The molecule has 1 aromatic heterocycles. The predicted molar refractivity (Wildman–Crippen MR) is 140 cm³/mol. The first-order chi connectivity index (χ1) is 16.5. The molecule has 34 heavy (non-hydrogen) atoms. The molecule has 1 N–H and O–H groups in total. The summed E-state index contributed by atoms with van der Waals surface area (Å²) in [6, 6.07) is 22.7. The Morgan fingerprint density at radius 2 is 1.71 bits per heavy atom. The van der Waals surface area contributed by atoms with E-state index in [0.717, 1.165) is 34.7 Å². The molecule has 0 spiro atoms. The Kier molecular flexibility index (Phi) is 7.48. The fourth-order valence-electron chi connectivity index (χ4n) is 3.92. The fourth-order valence-corrected chi connectivity index (χ4v) is 4.69. The van der Waals surface area contributed by atoms with Crippen LogP contribution in [0.3, 0.4) is 0 Å². The monoisotopic (exact) mass is 470 g/mol. The number of anilines is 1. The van der Waals surface area contributed by atoms with E-state index in [-0.39, 0.29) is 11.7 Å². The molecule has 0 atom stereocenters. The van der Waals surface area contributed by atoms with E-state index in [9.17, 15) is 4.79 Å². The van der Waals surface area contributed by atoms with Crippen molar-refractivity contribution < 1.29 is 4.79 Å². The van der Waals surface area contributed by atoms with Gasteiger partial charge < -0.3 is 5.32 Å². The maximum absolute atomic E-state index is 12.9. The van der Waals surface area contributed by atoms with Crippen LogP contribution in [-0.2, 0) is 17.6 Å². The average molecular weight is 471 g/mol. The van der Waals surface area contributed by atoms with Gasteiger partial charge >= 0.3 is 0 Å². The van der Waals surface area contributed by atoms with Crippen LogP contribution in [0.5, 0.6) is 0 Å². The molecule has 0 saturated carbocycles. The van der Waals surface area contributed by atoms with Crippen LogP contribution < -0.4 is 5.32 Å². The Labute approximate surface area is 205 Å². The van der Waals surface area contributed by atoms with E-state index < -0.39 is 0 Å². The largest absolute Gasteiger partial charge is 0.325 e. The molecule has 6 heteroatoms. The lowest BCUT2D eigenvalue weighted by atomic mass is 10.1. The van der Waals surface area contributed by atoms with Crippen LogP contribution in [0.4, 0.5) is 5.69 Å². The number of para-hydroxylation sites is 1. The number of amides is 1. The molecular formula is C28H30N4OS. The van der Waals surface area contributed by atoms with Crippen LogP contribution >= 0.6 is 11.8 Å². The first-order valence-corrected chi connectivity index (χ1v) is 12.5. The molecule has 0 aliphatic rings. The number of aromatic nitrogens is 3. The summed E-state index contributed by atoms with van der Waals surface area (Å²) >= 11 is 1.41. The highest BCUT2D eigenvalue weighted by molar-refractivity contribution is 7.99. The highest BCUT2D eigenvalue weighted by Gasteiger charge is 2.17. The van der Waals surface area contributed by atoms with Crippen LogP contribution in [-0.4, -0.2) is 26.4 Å². The molecule has 5 nitrogen and oxygen atoms in total. The van der Waals surface area contributed by atoms with E-state index in [2.05, 4.69) is 77.3 Å². The zero-order valence-electron chi connectivity index (χ0n) is 20.1.